The molecule has 0 unspecified atom stereocenters. The summed E-state index contributed by atoms with van der Waals surface area (Å²) in [6.07, 6.45) is 2.04. The number of benzene rings is 2. The van der Waals surface area contributed by atoms with Crippen LogP contribution in [0.3, 0.4) is 0 Å². The zero-order chi connectivity index (χ0) is 17.7. The van der Waals surface area contributed by atoms with Crippen molar-refractivity contribution in [1.29, 1.82) is 0 Å². The molecule has 0 radical (unpaired) electrons. The number of rotatable bonds is 6. The molecule has 128 valence electrons. The highest BCUT2D eigenvalue weighted by Gasteiger charge is 2.17. The third-order valence-corrected chi connectivity index (χ3v) is 5.14. The highest BCUT2D eigenvalue weighted by Crippen LogP contribution is 2.36. The van der Waals surface area contributed by atoms with E-state index in [1.165, 1.54) is 4.90 Å². The SMILES string of the molecule is COc1cc(C(=O)N(C)Cc2ccc(SC)cc2)cc(OC)c1Br. The minimum absolute atomic E-state index is 0.0898. The third kappa shape index (κ3) is 4.24. The van der Waals surface area contributed by atoms with Crippen LogP contribution in [0, 0.1) is 0 Å². The Kier molecular flexibility index (Phi) is 6.57. The van der Waals surface area contributed by atoms with E-state index in [4.69, 9.17) is 9.47 Å². The minimum atomic E-state index is -0.0898. The van der Waals surface area contributed by atoms with Crippen molar-refractivity contribution in [3.63, 3.8) is 0 Å². The number of hydrogen-bond donors (Lipinski definition) is 0. The van der Waals surface area contributed by atoms with Gasteiger partial charge in [-0.1, -0.05) is 12.1 Å². The van der Waals surface area contributed by atoms with Crippen molar-refractivity contribution < 1.29 is 14.3 Å². The summed E-state index contributed by atoms with van der Waals surface area (Å²) in [5, 5.41) is 0. The Morgan fingerprint density at radius 1 is 1.12 bits per heavy atom. The molecule has 0 saturated heterocycles. The lowest BCUT2D eigenvalue weighted by atomic mass is 10.1. The number of carbonyl (C=O) groups excluding carboxylic acids is 1. The molecule has 0 fully saturated rings. The van der Waals surface area contributed by atoms with Gasteiger partial charge in [0.25, 0.3) is 5.91 Å². The molecule has 0 aromatic heterocycles. The summed E-state index contributed by atoms with van der Waals surface area (Å²) in [6, 6.07) is 11.6. The molecule has 2 aromatic rings. The molecule has 0 bridgehead atoms. The number of methoxy groups -OCH3 is 2. The van der Waals surface area contributed by atoms with Gasteiger partial charge in [0.05, 0.1) is 14.2 Å². The lowest BCUT2D eigenvalue weighted by Gasteiger charge is -2.19. The zero-order valence-corrected chi connectivity index (χ0v) is 16.5. The van der Waals surface area contributed by atoms with Crippen LogP contribution in [-0.4, -0.2) is 38.3 Å². The molecule has 4 nitrogen and oxygen atoms in total. The van der Waals surface area contributed by atoms with Gasteiger partial charge in [-0.15, -0.1) is 11.8 Å². The van der Waals surface area contributed by atoms with Crippen LogP contribution in [0.1, 0.15) is 15.9 Å². The standard InChI is InChI=1S/C18H20BrNO3S/c1-20(11-12-5-7-14(24-4)8-6-12)18(21)13-9-15(22-2)17(19)16(10-13)23-3/h5-10H,11H2,1-4H3. The maximum Gasteiger partial charge on any atom is 0.254 e. The predicted molar refractivity (Wildman–Crippen MR) is 101 cm³/mol. The van der Waals surface area contributed by atoms with Crippen molar-refractivity contribution in [3.05, 3.63) is 52.0 Å². The number of carbonyl (C=O) groups is 1. The summed E-state index contributed by atoms with van der Waals surface area (Å²) < 4.78 is 11.3. The molecular weight excluding hydrogens is 390 g/mol. The summed E-state index contributed by atoms with van der Waals surface area (Å²) >= 11 is 5.11. The Morgan fingerprint density at radius 3 is 2.12 bits per heavy atom. The highest BCUT2D eigenvalue weighted by atomic mass is 79.9. The quantitative estimate of drug-likeness (QED) is 0.660. The first-order chi connectivity index (χ1) is 11.5. The fraction of sp³-hybridized carbons (Fsp3) is 0.278. The number of hydrogen-bond acceptors (Lipinski definition) is 4. The first-order valence-corrected chi connectivity index (χ1v) is 9.31. The largest absolute Gasteiger partial charge is 0.495 e. The number of amides is 1. The Labute approximate surface area is 155 Å². The second kappa shape index (κ2) is 8.44. The molecule has 2 aromatic carbocycles. The normalized spacial score (nSPS) is 10.4. The Morgan fingerprint density at radius 2 is 1.67 bits per heavy atom. The van der Waals surface area contributed by atoms with Crippen LogP contribution >= 0.6 is 27.7 Å². The first-order valence-electron chi connectivity index (χ1n) is 7.30. The van der Waals surface area contributed by atoms with Crippen molar-refractivity contribution in [2.75, 3.05) is 27.5 Å². The average Bonchev–Trinajstić information content (AvgIpc) is 2.61. The summed E-state index contributed by atoms with van der Waals surface area (Å²) in [6.45, 7) is 0.536. The van der Waals surface area contributed by atoms with Gasteiger partial charge >= 0.3 is 0 Å². The third-order valence-electron chi connectivity index (χ3n) is 3.62. The number of nitrogens with zero attached hydrogens (tertiary/aromatic N) is 1. The molecule has 0 heterocycles. The van der Waals surface area contributed by atoms with E-state index in [0.29, 0.717) is 28.1 Å². The molecule has 0 N–H and O–H groups in total. The predicted octanol–water partition coefficient (Wildman–Crippen LogP) is 4.46. The van der Waals surface area contributed by atoms with Gasteiger partial charge in [0, 0.05) is 24.1 Å². The van der Waals surface area contributed by atoms with Gasteiger partial charge < -0.3 is 14.4 Å². The van der Waals surface area contributed by atoms with Crippen molar-refractivity contribution in [3.8, 4) is 11.5 Å². The van der Waals surface area contributed by atoms with Crippen LogP contribution in [0.15, 0.2) is 45.8 Å². The van der Waals surface area contributed by atoms with Gasteiger partial charge in [-0.05, 0) is 52.0 Å². The number of thioether (sulfide) groups is 1. The monoisotopic (exact) mass is 409 g/mol. The Balaban J connectivity index is 2.20. The maximum absolute atomic E-state index is 12.7. The van der Waals surface area contributed by atoms with Crippen molar-refractivity contribution in [1.82, 2.24) is 4.90 Å². The molecule has 24 heavy (non-hydrogen) atoms. The molecule has 0 atom stereocenters. The summed E-state index contributed by atoms with van der Waals surface area (Å²) in [4.78, 5) is 15.6. The molecule has 0 aliphatic heterocycles. The van der Waals surface area contributed by atoms with Crippen LogP contribution in [0.2, 0.25) is 0 Å². The van der Waals surface area contributed by atoms with E-state index in [2.05, 4.69) is 28.1 Å². The second-order valence-electron chi connectivity index (χ2n) is 5.20. The van der Waals surface area contributed by atoms with Crippen LogP contribution < -0.4 is 9.47 Å². The zero-order valence-electron chi connectivity index (χ0n) is 14.1. The lowest BCUT2D eigenvalue weighted by Crippen LogP contribution is -2.26. The van der Waals surface area contributed by atoms with Crippen LogP contribution in [0.25, 0.3) is 0 Å². The highest BCUT2D eigenvalue weighted by molar-refractivity contribution is 9.10. The molecule has 0 saturated carbocycles. The average molecular weight is 410 g/mol. The first kappa shape index (κ1) is 18.7. The summed E-state index contributed by atoms with van der Waals surface area (Å²) in [5.41, 5.74) is 1.61. The molecule has 0 spiro atoms. The van der Waals surface area contributed by atoms with E-state index >= 15 is 0 Å². The maximum atomic E-state index is 12.7. The van der Waals surface area contributed by atoms with Gasteiger partial charge in [0.1, 0.15) is 16.0 Å². The molecule has 1 amide bonds. The van der Waals surface area contributed by atoms with Gasteiger partial charge in [0.2, 0.25) is 0 Å². The molecule has 0 aliphatic rings. The van der Waals surface area contributed by atoms with E-state index in [9.17, 15) is 4.79 Å². The molecule has 6 heteroatoms. The van der Waals surface area contributed by atoms with Crippen molar-refractivity contribution >= 4 is 33.6 Å². The van der Waals surface area contributed by atoms with Crippen molar-refractivity contribution in [2.24, 2.45) is 0 Å². The Hall–Kier alpha value is -1.66. The number of ether oxygens (including phenoxy) is 2. The van der Waals surface area contributed by atoms with Crippen LogP contribution in [0.4, 0.5) is 0 Å². The van der Waals surface area contributed by atoms with Gasteiger partial charge in [-0.2, -0.15) is 0 Å². The Bertz CT molecular complexity index is 694. The lowest BCUT2D eigenvalue weighted by molar-refractivity contribution is 0.0784. The summed E-state index contributed by atoms with van der Waals surface area (Å²) in [5.74, 6) is 1.04. The fourth-order valence-corrected chi connectivity index (χ4v) is 3.25. The van der Waals surface area contributed by atoms with E-state index in [1.807, 2.05) is 18.4 Å². The van der Waals surface area contributed by atoms with E-state index < -0.39 is 0 Å². The second-order valence-corrected chi connectivity index (χ2v) is 6.88. The van der Waals surface area contributed by atoms with Gasteiger partial charge in [0.15, 0.2) is 0 Å². The van der Waals surface area contributed by atoms with E-state index in [-0.39, 0.29) is 5.91 Å². The van der Waals surface area contributed by atoms with E-state index in [0.717, 1.165) is 5.56 Å². The van der Waals surface area contributed by atoms with Crippen LogP contribution in [0.5, 0.6) is 11.5 Å². The minimum Gasteiger partial charge on any atom is -0.495 e. The van der Waals surface area contributed by atoms with Gasteiger partial charge in [-0.3, -0.25) is 4.79 Å². The summed E-state index contributed by atoms with van der Waals surface area (Å²) in [7, 11) is 4.90. The number of halogens is 1. The van der Waals surface area contributed by atoms with E-state index in [1.54, 1.807) is 50.1 Å². The smallest absolute Gasteiger partial charge is 0.254 e. The molecule has 2 rings (SSSR count). The molecular formula is C18H20BrNO3S. The topological polar surface area (TPSA) is 38.8 Å². The fourth-order valence-electron chi connectivity index (χ4n) is 2.29. The van der Waals surface area contributed by atoms with Crippen molar-refractivity contribution in [2.45, 2.75) is 11.4 Å². The van der Waals surface area contributed by atoms with Crippen LogP contribution in [-0.2, 0) is 6.54 Å². The molecule has 0 aliphatic carbocycles. The van der Waals surface area contributed by atoms with Gasteiger partial charge in [-0.25, -0.2) is 0 Å².